The van der Waals surface area contributed by atoms with Gasteiger partial charge in [0.15, 0.2) is 0 Å². The van der Waals surface area contributed by atoms with Crippen molar-refractivity contribution in [2.45, 2.75) is 116 Å². The standard InChI is InChI=1S/C36H50N4O4/c41-33(37-29-19-13-21-31(25-29)39-35(43)27-15-7-5-8-16-27)23-11-3-1-2-4-12-24-34(42)38-30-20-14-22-32(26-30)40-36(44)28-17-9-6-10-18-28/h13-14,19-22,25-28H,1-12,15-18,23-24H2,(H,37,41)(H,38,42)(H,39,43)(H,40,44). The van der Waals surface area contributed by atoms with E-state index >= 15 is 0 Å². The summed E-state index contributed by atoms with van der Waals surface area (Å²) < 4.78 is 0. The highest BCUT2D eigenvalue weighted by Gasteiger charge is 2.22. The summed E-state index contributed by atoms with van der Waals surface area (Å²) >= 11 is 0. The van der Waals surface area contributed by atoms with Gasteiger partial charge in [-0.3, -0.25) is 19.2 Å². The molecule has 238 valence electrons. The van der Waals surface area contributed by atoms with Crippen molar-refractivity contribution in [3.63, 3.8) is 0 Å². The van der Waals surface area contributed by atoms with Crippen LogP contribution >= 0.6 is 0 Å². The Labute approximate surface area is 262 Å². The third-order valence-corrected chi connectivity index (χ3v) is 8.84. The number of amides is 4. The first kappa shape index (κ1) is 33.2. The number of unbranched alkanes of at least 4 members (excludes halogenated alkanes) is 5. The Bertz CT molecular complexity index is 1140. The normalized spacial score (nSPS) is 15.7. The summed E-state index contributed by atoms with van der Waals surface area (Å²) in [6.45, 7) is 0. The lowest BCUT2D eigenvalue weighted by Crippen LogP contribution is -2.24. The first-order valence-corrected chi connectivity index (χ1v) is 16.9. The van der Waals surface area contributed by atoms with Crippen molar-refractivity contribution in [3.05, 3.63) is 48.5 Å². The summed E-state index contributed by atoms with van der Waals surface area (Å²) in [5, 5.41) is 11.9. The van der Waals surface area contributed by atoms with Gasteiger partial charge in [0.1, 0.15) is 0 Å². The molecular weight excluding hydrogens is 552 g/mol. The number of anilines is 4. The molecule has 4 N–H and O–H groups in total. The van der Waals surface area contributed by atoms with E-state index in [-0.39, 0.29) is 35.5 Å². The minimum Gasteiger partial charge on any atom is -0.326 e. The molecule has 0 atom stereocenters. The Kier molecular flexibility index (Phi) is 13.7. The summed E-state index contributed by atoms with van der Waals surface area (Å²) in [5.41, 5.74) is 2.84. The summed E-state index contributed by atoms with van der Waals surface area (Å²) in [6.07, 6.45) is 17.3. The van der Waals surface area contributed by atoms with E-state index in [1.54, 1.807) is 0 Å². The van der Waals surface area contributed by atoms with E-state index in [9.17, 15) is 19.2 Å². The van der Waals surface area contributed by atoms with Crippen LogP contribution in [0.1, 0.15) is 116 Å². The van der Waals surface area contributed by atoms with Gasteiger partial charge in [-0.15, -0.1) is 0 Å². The highest BCUT2D eigenvalue weighted by Crippen LogP contribution is 2.27. The predicted molar refractivity (Wildman–Crippen MR) is 177 cm³/mol. The molecule has 0 unspecified atom stereocenters. The fourth-order valence-electron chi connectivity index (χ4n) is 6.29. The SMILES string of the molecule is O=C(CCCCCCCCC(=O)Nc1cccc(NC(=O)C2CCCCC2)c1)Nc1cccc(NC(=O)C2CCCCC2)c1. The average molecular weight is 603 g/mol. The second-order valence-electron chi connectivity index (χ2n) is 12.5. The lowest BCUT2D eigenvalue weighted by molar-refractivity contribution is -0.121. The van der Waals surface area contributed by atoms with E-state index in [1.807, 2.05) is 48.5 Å². The van der Waals surface area contributed by atoms with Gasteiger partial charge in [0, 0.05) is 47.4 Å². The van der Waals surface area contributed by atoms with Crippen LogP contribution in [0, 0.1) is 11.8 Å². The number of carbonyl (C=O) groups excluding carboxylic acids is 4. The molecule has 0 aliphatic heterocycles. The van der Waals surface area contributed by atoms with Gasteiger partial charge in [0.05, 0.1) is 0 Å². The third-order valence-electron chi connectivity index (χ3n) is 8.84. The molecule has 4 amide bonds. The highest BCUT2D eigenvalue weighted by atomic mass is 16.2. The molecule has 0 spiro atoms. The molecular formula is C36H50N4O4. The monoisotopic (exact) mass is 602 g/mol. The number of nitrogens with one attached hydrogen (secondary N) is 4. The van der Waals surface area contributed by atoms with Crippen molar-refractivity contribution in [2.24, 2.45) is 11.8 Å². The van der Waals surface area contributed by atoms with Crippen molar-refractivity contribution in [1.82, 2.24) is 0 Å². The molecule has 0 bridgehead atoms. The van der Waals surface area contributed by atoms with E-state index in [4.69, 9.17) is 0 Å². The van der Waals surface area contributed by atoms with Gasteiger partial charge in [-0.2, -0.15) is 0 Å². The van der Waals surface area contributed by atoms with Gasteiger partial charge < -0.3 is 21.3 Å². The molecule has 2 saturated carbocycles. The van der Waals surface area contributed by atoms with Crippen LogP contribution in [-0.2, 0) is 19.2 Å². The van der Waals surface area contributed by atoms with Crippen LogP contribution in [-0.4, -0.2) is 23.6 Å². The quantitative estimate of drug-likeness (QED) is 0.153. The van der Waals surface area contributed by atoms with Gasteiger partial charge >= 0.3 is 0 Å². The molecule has 0 radical (unpaired) electrons. The molecule has 0 aromatic heterocycles. The fourth-order valence-corrected chi connectivity index (χ4v) is 6.29. The molecule has 2 fully saturated rings. The molecule has 0 heterocycles. The van der Waals surface area contributed by atoms with Crippen LogP contribution in [0.25, 0.3) is 0 Å². The Morgan fingerprint density at radius 2 is 0.818 bits per heavy atom. The van der Waals surface area contributed by atoms with E-state index in [0.29, 0.717) is 24.2 Å². The van der Waals surface area contributed by atoms with Crippen molar-refractivity contribution in [3.8, 4) is 0 Å². The van der Waals surface area contributed by atoms with Gasteiger partial charge in [0.2, 0.25) is 23.6 Å². The minimum absolute atomic E-state index is 0.0185. The lowest BCUT2D eigenvalue weighted by atomic mass is 9.88. The van der Waals surface area contributed by atoms with Crippen LogP contribution in [0.5, 0.6) is 0 Å². The maximum atomic E-state index is 12.5. The predicted octanol–water partition coefficient (Wildman–Crippen LogP) is 8.42. The molecule has 44 heavy (non-hydrogen) atoms. The number of rotatable bonds is 15. The lowest BCUT2D eigenvalue weighted by Gasteiger charge is -2.20. The fraction of sp³-hybridized carbons (Fsp3) is 0.556. The van der Waals surface area contributed by atoms with E-state index in [0.717, 1.165) is 101 Å². The van der Waals surface area contributed by atoms with E-state index in [2.05, 4.69) is 21.3 Å². The van der Waals surface area contributed by atoms with Gasteiger partial charge in [-0.25, -0.2) is 0 Å². The Balaban J connectivity index is 1.03. The van der Waals surface area contributed by atoms with Gasteiger partial charge in [0.25, 0.3) is 0 Å². The zero-order chi connectivity index (χ0) is 31.0. The van der Waals surface area contributed by atoms with E-state index < -0.39 is 0 Å². The van der Waals surface area contributed by atoms with Crippen molar-refractivity contribution >= 4 is 46.4 Å². The summed E-state index contributed by atoms with van der Waals surface area (Å²) in [6, 6.07) is 14.7. The number of benzene rings is 2. The zero-order valence-corrected chi connectivity index (χ0v) is 26.1. The Morgan fingerprint density at radius 1 is 0.477 bits per heavy atom. The first-order chi connectivity index (χ1) is 21.5. The summed E-state index contributed by atoms with van der Waals surface area (Å²) in [4.78, 5) is 49.9. The van der Waals surface area contributed by atoms with Crippen molar-refractivity contribution in [2.75, 3.05) is 21.3 Å². The number of carbonyl (C=O) groups is 4. The molecule has 0 saturated heterocycles. The Morgan fingerprint density at radius 3 is 1.20 bits per heavy atom. The molecule has 2 aliphatic rings. The van der Waals surface area contributed by atoms with Crippen LogP contribution in [0.4, 0.5) is 22.7 Å². The van der Waals surface area contributed by atoms with Crippen LogP contribution < -0.4 is 21.3 Å². The minimum atomic E-state index is -0.0185. The van der Waals surface area contributed by atoms with Gasteiger partial charge in [-0.1, -0.05) is 76.3 Å². The van der Waals surface area contributed by atoms with Crippen LogP contribution in [0.15, 0.2) is 48.5 Å². The second kappa shape index (κ2) is 18.2. The average Bonchev–Trinajstić information content (AvgIpc) is 3.03. The third kappa shape index (κ3) is 11.8. The number of hydrogen-bond acceptors (Lipinski definition) is 4. The number of hydrogen-bond donors (Lipinski definition) is 4. The second-order valence-corrected chi connectivity index (χ2v) is 12.5. The van der Waals surface area contributed by atoms with E-state index in [1.165, 1.54) is 12.8 Å². The Hall–Kier alpha value is -3.68. The summed E-state index contributed by atoms with van der Waals surface area (Å²) in [7, 11) is 0. The van der Waals surface area contributed by atoms with Gasteiger partial charge in [-0.05, 0) is 74.9 Å². The maximum Gasteiger partial charge on any atom is 0.227 e. The molecule has 2 aliphatic carbocycles. The largest absolute Gasteiger partial charge is 0.326 e. The smallest absolute Gasteiger partial charge is 0.227 e. The van der Waals surface area contributed by atoms with Crippen LogP contribution in [0.2, 0.25) is 0 Å². The van der Waals surface area contributed by atoms with Crippen molar-refractivity contribution in [1.29, 1.82) is 0 Å². The first-order valence-electron chi connectivity index (χ1n) is 16.9. The molecule has 8 nitrogen and oxygen atoms in total. The molecule has 8 heteroatoms. The maximum absolute atomic E-state index is 12.5. The topological polar surface area (TPSA) is 116 Å². The van der Waals surface area contributed by atoms with Crippen molar-refractivity contribution < 1.29 is 19.2 Å². The molecule has 2 aromatic rings. The summed E-state index contributed by atoms with van der Waals surface area (Å²) in [5.74, 6) is 0.304. The highest BCUT2D eigenvalue weighted by molar-refractivity contribution is 5.96. The molecule has 2 aromatic carbocycles. The molecule has 4 rings (SSSR count). The zero-order valence-electron chi connectivity index (χ0n) is 26.1. The van der Waals surface area contributed by atoms with Crippen LogP contribution in [0.3, 0.4) is 0 Å².